The molecule has 0 spiro atoms. The summed E-state index contributed by atoms with van der Waals surface area (Å²) in [6.45, 7) is 2.50. The third-order valence-electron chi connectivity index (χ3n) is 5.21. The second kappa shape index (κ2) is 9.98. The van der Waals surface area contributed by atoms with Crippen molar-refractivity contribution in [3.8, 4) is 17.9 Å². The molecule has 182 valence electrons. The standard InChI is InChI=1S/C25H25F3N6O/c1-24(2,15-29)22-11-10-17(14-31-22)30-12-6-7-18-13-19-20(32-23(35)33(3)4)8-5-9-21(19)34(18)16-25(26,27)28/h5,8-11,13-14,30H,12,16H2,1-4H3,(H,32,35). The van der Waals surface area contributed by atoms with Crippen molar-refractivity contribution in [3.63, 3.8) is 0 Å². The van der Waals surface area contributed by atoms with Gasteiger partial charge in [0.25, 0.3) is 0 Å². The van der Waals surface area contributed by atoms with E-state index in [0.717, 1.165) is 4.57 Å². The molecule has 0 saturated heterocycles. The molecule has 0 unspecified atom stereocenters. The van der Waals surface area contributed by atoms with Crippen LogP contribution in [0.2, 0.25) is 0 Å². The normalized spacial score (nSPS) is 11.4. The topological polar surface area (TPSA) is 86.0 Å². The molecule has 0 atom stereocenters. The van der Waals surface area contributed by atoms with Crippen molar-refractivity contribution >= 4 is 28.3 Å². The van der Waals surface area contributed by atoms with Crippen LogP contribution in [0.15, 0.2) is 42.6 Å². The molecule has 0 saturated carbocycles. The van der Waals surface area contributed by atoms with Crippen molar-refractivity contribution < 1.29 is 18.0 Å². The number of rotatable bonds is 5. The summed E-state index contributed by atoms with van der Waals surface area (Å²) < 4.78 is 41.0. The fourth-order valence-corrected chi connectivity index (χ4v) is 3.28. The highest BCUT2D eigenvalue weighted by Crippen LogP contribution is 2.30. The summed E-state index contributed by atoms with van der Waals surface area (Å²) in [5.41, 5.74) is 1.47. The van der Waals surface area contributed by atoms with Crippen molar-refractivity contribution in [1.82, 2.24) is 14.5 Å². The van der Waals surface area contributed by atoms with E-state index in [1.165, 1.54) is 4.90 Å². The first kappa shape index (κ1) is 25.4. The van der Waals surface area contributed by atoms with Gasteiger partial charge in [0, 0.05) is 19.5 Å². The van der Waals surface area contributed by atoms with Gasteiger partial charge in [0.15, 0.2) is 0 Å². The summed E-state index contributed by atoms with van der Waals surface area (Å²) in [4.78, 5) is 17.7. The molecule has 10 heteroatoms. The predicted octanol–water partition coefficient (Wildman–Crippen LogP) is 4.96. The lowest BCUT2D eigenvalue weighted by Gasteiger charge is -2.14. The van der Waals surface area contributed by atoms with Crippen molar-refractivity contribution in [2.45, 2.75) is 32.0 Å². The minimum atomic E-state index is -4.45. The minimum Gasteiger partial charge on any atom is -0.373 e. The number of alkyl halides is 3. The summed E-state index contributed by atoms with van der Waals surface area (Å²) in [7, 11) is 3.14. The van der Waals surface area contributed by atoms with Gasteiger partial charge in [0.05, 0.1) is 52.5 Å². The Morgan fingerprint density at radius 1 is 1.20 bits per heavy atom. The molecular formula is C25H25F3N6O. The maximum absolute atomic E-state index is 13.3. The van der Waals surface area contributed by atoms with E-state index in [9.17, 15) is 23.2 Å². The van der Waals surface area contributed by atoms with E-state index in [0.29, 0.717) is 28.0 Å². The number of nitrogens with one attached hydrogen (secondary N) is 2. The van der Waals surface area contributed by atoms with Crippen LogP contribution in [0.1, 0.15) is 25.2 Å². The van der Waals surface area contributed by atoms with Gasteiger partial charge in [-0.3, -0.25) is 4.98 Å². The van der Waals surface area contributed by atoms with Gasteiger partial charge in [-0.2, -0.15) is 18.4 Å². The average Bonchev–Trinajstić information content (AvgIpc) is 3.13. The summed E-state index contributed by atoms with van der Waals surface area (Å²) in [6, 6.07) is 11.6. The number of pyridine rings is 1. The molecule has 2 amide bonds. The Morgan fingerprint density at radius 3 is 2.54 bits per heavy atom. The van der Waals surface area contributed by atoms with Crippen LogP contribution in [0.5, 0.6) is 0 Å². The van der Waals surface area contributed by atoms with Crippen LogP contribution in [-0.2, 0) is 12.0 Å². The lowest BCUT2D eigenvalue weighted by atomic mass is 9.91. The molecule has 0 bridgehead atoms. The lowest BCUT2D eigenvalue weighted by Crippen LogP contribution is -2.27. The molecular weight excluding hydrogens is 457 g/mol. The summed E-state index contributed by atoms with van der Waals surface area (Å²) in [6.07, 6.45) is -2.87. The van der Waals surface area contributed by atoms with E-state index in [1.807, 2.05) is 0 Å². The van der Waals surface area contributed by atoms with E-state index < -0.39 is 24.2 Å². The molecule has 7 nitrogen and oxygen atoms in total. The maximum Gasteiger partial charge on any atom is 0.406 e. The highest BCUT2D eigenvalue weighted by atomic mass is 19.4. The van der Waals surface area contributed by atoms with E-state index in [-0.39, 0.29) is 12.2 Å². The van der Waals surface area contributed by atoms with Crippen LogP contribution < -0.4 is 10.6 Å². The number of carbonyl (C=O) groups excluding carboxylic acids is 1. The number of anilines is 2. The van der Waals surface area contributed by atoms with Gasteiger partial charge in [-0.25, -0.2) is 4.79 Å². The number of fused-ring (bicyclic) bond motifs is 1. The maximum atomic E-state index is 13.3. The van der Waals surface area contributed by atoms with E-state index in [4.69, 9.17) is 0 Å². The zero-order chi connectivity index (χ0) is 25.8. The average molecular weight is 483 g/mol. The largest absolute Gasteiger partial charge is 0.406 e. The number of carbonyl (C=O) groups is 1. The number of nitriles is 1. The van der Waals surface area contributed by atoms with Crippen LogP contribution >= 0.6 is 0 Å². The Morgan fingerprint density at radius 2 is 1.94 bits per heavy atom. The third kappa shape index (κ3) is 6.24. The van der Waals surface area contributed by atoms with Crippen LogP contribution in [-0.4, -0.2) is 47.3 Å². The van der Waals surface area contributed by atoms with Crippen LogP contribution in [0.25, 0.3) is 10.9 Å². The fraction of sp³-hybridized carbons (Fsp3) is 0.320. The number of urea groups is 1. The van der Waals surface area contributed by atoms with E-state index in [1.54, 1.807) is 70.5 Å². The highest BCUT2D eigenvalue weighted by Gasteiger charge is 2.30. The van der Waals surface area contributed by atoms with Gasteiger partial charge in [-0.05, 0) is 50.1 Å². The molecule has 0 radical (unpaired) electrons. The first-order valence-corrected chi connectivity index (χ1v) is 10.7. The third-order valence-corrected chi connectivity index (χ3v) is 5.21. The second-order valence-electron chi connectivity index (χ2n) is 8.62. The molecule has 1 aromatic carbocycles. The van der Waals surface area contributed by atoms with E-state index in [2.05, 4.69) is 33.5 Å². The Labute approximate surface area is 201 Å². The van der Waals surface area contributed by atoms with Gasteiger partial charge in [0.2, 0.25) is 0 Å². The molecule has 3 rings (SSSR count). The van der Waals surface area contributed by atoms with Crippen molar-refractivity contribution in [3.05, 3.63) is 54.0 Å². The molecule has 2 N–H and O–H groups in total. The number of hydrogen-bond donors (Lipinski definition) is 2. The van der Waals surface area contributed by atoms with Crippen LogP contribution in [0, 0.1) is 23.2 Å². The molecule has 0 fully saturated rings. The van der Waals surface area contributed by atoms with Gasteiger partial charge in [0.1, 0.15) is 6.54 Å². The van der Waals surface area contributed by atoms with Crippen molar-refractivity contribution in [2.75, 3.05) is 31.3 Å². The van der Waals surface area contributed by atoms with Crippen LogP contribution in [0.3, 0.4) is 0 Å². The van der Waals surface area contributed by atoms with E-state index >= 15 is 0 Å². The first-order chi connectivity index (χ1) is 16.4. The van der Waals surface area contributed by atoms with Crippen molar-refractivity contribution in [1.29, 1.82) is 5.26 Å². The van der Waals surface area contributed by atoms with Gasteiger partial charge < -0.3 is 20.1 Å². The number of hydrogen-bond acceptors (Lipinski definition) is 4. The summed E-state index contributed by atoms with van der Waals surface area (Å²) in [5.74, 6) is 5.65. The Balaban J connectivity index is 1.86. The second-order valence-corrected chi connectivity index (χ2v) is 8.62. The molecule has 35 heavy (non-hydrogen) atoms. The predicted molar refractivity (Wildman–Crippen MR) is 129 cm³/mol. The van der Waals surface area contributed by atoms with Gasteiger partial charge in [-0.1, -0.05) is 12.0 Å². The molecule has 0 aliphatic rings. The zero-order valence-electron chi connectivity index (χ0n) is 19.8. The monoisotopic (exact) mass is 482 g/mol. The molecule has 0 aliphatic carbocycles. The summed E-state index contributed by atoms with van der Waals surface area (Å²) >= 11 is 0. The Hall–Kier alpha value is -4.18. The fourth-order valence-electron chi connectivity index (χ4n) is 3.28. The Bertz CT molecular complexity index is 1320. The van der Waals surface area contributed by atoms with Crippen LogP contribution in [0.4, 0.5) is 29.3 Å². The number of amides is 2. The molecule has 2 aromatic heterocycles. The smallest absolute Gasteiger partial charge is 0.373 e. The first-order valence-electron chi connectivity index (χ1n) is 10.7. The van der Waals surface area contributed by atoms with Crippen molar-refractivity contribution in [2.24, 2.45) is 0 Å². The number of aromatic nitrogens is 2. The van der Waals surface area contributed by atoms with Gasteiger partial charge >= 0.3 is 12.2 Å². The molecule has 2 heterocycles. The highest BCUT2D eigenvalue weighted by molar-refractivity contribution is 6.01. The molecule has 3 aromatic rings. The molecule has 0 aliphatic heterocycles. The Kier molecular flexibility index (Phi) is 7.25. The number of halogens is 3. The van der Waals surface area contributed by atoms with Gasteiger partial charge in [-0.15, -0.1) is 0 Å². The number of benzene rings is 1. The zero-order valence-corrected chi connectivity index (χ0v) is 19.8. The minimum absolute atomic E-state index is 0.167. The summed E-state index contributed by atoms with van der Waals surface area (Å²) in [5, 5.41) is 15.4. The number of nitrogens with zero attached hydrogens (tertiary/aromatic N) is 4. The quantitative estimate of drug-likeness (QED) is 0.504. The SMILES string of the molecule is CN(C)C(=O)Nc1cccc2c1cc(C#CCNc1ccc(C(C)(C)C#N)nc1)n2CC(F)(F)F. The lowest BCUT2D eigenvalue weighted by molar-refractivity contribution is -0.140.